The Balaban J connectivity index is 1.46. The second kappa shape index (κ2) is 10.9. The molecular weight excluding hydrogens is 418 g/mol. The Bertz CT molecular complexity index is 1080. The van der Waals surface area contributed by atoms with Crippen LogP contribution in [0, 0.1) is 0 Å². The number of aromatic nitrogens is 3. The van der Waals surface area contributed by atoms with Crippen molar-refractivity contribution in [1.29, 1.82) is 0 Å². The molecule has 0 unspecified atom stereocenters. The van der Waals surface area contributed by atoms with Crippen LogP contribution < -0.4 is 10.6 Å². The molecule has 2 amide bonds. The van der Waals surface area contributed by atoms with E-state index in [1.165, 1.54) is 0 Å². The van der Waals surface area contributed by atoms with Crippen LogP contribution in [0.4, 0.5) is 0 Å². The summed E-state index contributed by atoms with van der Waals surface area (Å²) in [6.07, 6.45) is 3.32. The lowest BCUT2D eigenvalue weighted by atomic mass is 10.1. The summed E-state index contributed by atoms with van der Waals surface area (Å²) >= 11 is 0. The molecule has 2 N–H and O–H groups in total. The second-order valence-electron chi connectivity index (χ2n) is 8.09. The van der Waals surface area contributed by atoms with Crippen molar-refractivity contribution in [2.24, 2.45) is 0 Å². The zero-order valence-electron chi connectivity index (χ0n) is 18.8. The van der Waals surface area contributed by atoms with Gasteiger partial charge in [0.15, 0.2) is 5.69 Å². The van der Waals surface area contributed by atoms with E-state index >= 15 is 0 Å². The minimum absolute atomic E-state index is 0.122. The molecule has 2 aromatic carbocycles. The summed E-state index contributed by atoms with van der Waals surface area (Å²) in [6.45, 7) is 3.56. The van der Waals surface area contributed by atoms with Crippen molar-refractivity contribution in [3.05, 3.63) is 77.1 Å². The van der Waals surface area contributed by atoms with Gasteiger partial charge in [-0.1, -0.05) is 35.5 Å². The number of rotatable bonds is 11. The number of hydrogen-bond donors (Lipinski definition) is 2. The highest BCUT2D eigenvalue weighted by atomic mass is 16.5. The molecule has 8 heteroatoms. The molecule has 0 atom stereocenters. The van der Waals surface area contributed by atoms with Gasteiger partial charge in [-0.2, -0.15) is 0 Å². The summed E-state index contributed by atoms with van der Waals surface area (Å²) in [4.78, 5) is 24.8. The van der Waals surface area contributed by atoms with E-state index in [-0.39, 0.29) is 17.9 Å². The minimum Gasteiger partial charge on any atom is -0.377 e. The van der Waals surface area contributed by atoms with Crippen molar-refractivity contribution >= 4 is 11.8 Å². The Kier molecular flexibility index (Phi) is 7.47. The lowest BCUT2D eigenvalue weighted by molar-refractivity contribution is 0.0939. The molecule has 1 saturated carbocycles. The minimum atomic E-state index is -0.192. The van der Waals surface area contributed by atoms with Crippen molar-refractivity contribution in [3.8, 4) is 5.69 Å². The van der Waals surface area contributed by atoms with Crippen LogP contribution in [0.2, 0.25) is 0 Å². The van der Waals surface area contributed by atoms with Crippen molar-refractivity contribution in [3.63, 3.8) is 0 Å². The number of hydrogen-bond acceptors (Lipinski definition) is 5. The van der Waals surface area contributed by atoms with E-state index in [0.29, 0.717) is 37.4 Å². The fourth-order valence-electron chi connectivity index (χ4n) is 3.51. The molecular formula is C25H29N5O3. The monoisotopic (exact) mass is 447 g/mol. The summed E-state index contributed by atoms with van der Waals surface area (Å²) in [7, 11) is 0. The number of carbonyl (C=O) groups is 2. The van der Waals surface area contributed by atoms with Gasteiger partial charge in [-0.25, -0.2) is 4.68 Å². The molecule has 0 radical (unpaired) electrons. The highest BCUT2D eigenvalue weighted by Crippen LogP contribution is 2.21. The van der Waals surface area contributed by atoms with Crippen LogP contribution in [-0.2, 0) is 17.8 Å². The highest BCUT2D eigenvalue weighted by molar-refractivity contribution is 5.94. The summed E-state index contributed by atoms with van der Waals surface area (Å²) in [6, 6.07) is 17.4. The molecule has 8 nitrogen and oxygen atoms in total. The molecule has 0 aliphatic heterocycles. The van der Waals surface area contributed by atoms with E-state index in [4.69, 9.17) is 4.74 Å². The number of ether oxygens (including phenoxy) is 1. The molecule has 0 saturated heterocycles. The third kappa shape index (κ3) is 6.04. The number of carbonyl (C=O) groups excluding carboxylic acids is 2. The summed E-state index contributed by atoms with van der Waals surface area (Å²) in [5.74, 6) is -0.314. The zero-order valence-corrected chi connectivity index (χ0v) is 18.8. The maximum Gasteiger partial charge on any atom is 0.273 e. The Morgan fingerprint density at radius 2 is 1.82 bits per heavy atom. The lowest BCUT2D eigenvalue weighted by Crippen LogP contribution is -2.27. The number of amides is 2. The van der Waals surface area contributed by atoms with Gasteiger partial charge in [0, 0.05) is 24.8 Å². The highest BCUT2D eigenvalue weighted by Gasteiger charge is 2.27. The lowest BCUT2D eigenvalue weighted by Gasteiger charge is -2.10. The van der Waals surface area contributed by atoms with Crippen LogP contribution in [0.25, 0.3) is 5.69 Å². The topological polar surface area (TPSA) is 98.1 Å². The molecule has 0 bridgehead atoms. The molecule has 4 rings (SSSR count). The van der Waals surface area contributed by atoms with Gasteiger partial charge in [-0.3, -0.25) is 9.59 Å². The zero-order chi connectivity index (χ0) is 23.0. The van der Waals surface area contributed by atoms with Crippen molar-refractivity contribution in [2.45, 2.75) is 45.3 Å². The Morgan fingerprint density at radius 1 is 1.06 bits per heavy atom. The first-order valence-electron chi connectivity index (χ1n) is 11.4. The Hall–Kier alpha value is -3.52. The number of benzene rings is 2. The van der Waals surface area contributed by atoms with Crippen LogP contribution in [-0.4, -0.2) is 46.0 Å². The van der Waals surface area contributed by atoms with Crippen molar-refractivity contribution < 1.29 is 14.3 Å². The van der Waals surface area contributed by atoms with E-state index in [1.54, 1.807) is 16.8 Å². The maximum atomic E-state index is 12.7. The SMILES string of the molecule is CCNC(=O)c1ccc(-n2nnc(C(=O)NC3CC3)c2CCCOCc2ccccc2)cc1. The van der Waals surface area contributed by atoms with Crippen LogP contribution in [0.1, 0.15) is 58.3 Å². The van der Waals surface area contributed by atoms with Crippen molar-refractivity contribution in [1.82, 2.24) is 25.6 Å². The number of nitrogens with one attached hydrogen (secondary N) is 2. The summed E-state index contributed by atoms with van der Waals surface area (Å²) in [5.41, 5.74) is 3.53. The van der Waals surface area contributed by atoms with Gasteiger partial charge in [-0.05, 0) is 62.4 Å². The largest absolute Gasteiger partial charge is 0.377 e. The molecule has 1 aliphatic rings. The van der Waals surface area contributed by atoms with Gasteiger partial charge < -0.3 is 15.4 Å². The Morgan fingerprint density at radius 3 is 2.52 bits per heavy atom. The van der Waals surface area contributed by atoms with Gasteiger partial charge >= 0.3 is 0 Å². The van der Waals surface area contributed by atoms with Gasteiger partial charge in [0.25, 0.3) is 11.8 Å². The van der Waals surface area contributed by atoms with Gasteiger partial charge in [0.1, 0.15) is 0 Å². The first kappa shape index (κ1) is 22.7. The normalized spacial score (nSPS) is 13.0. The van der Waals surface area contributed by atoms with Gasteiger partial charge in [0.2, 0.25) is 0 Å². The van der Waals surface area contributed by atoms with Crippen LogP contribution in [0.3, 0.4) is 0 Å². The quantitative estimate of drug-likeness (QED) is 0.440. The predicted molar refractivity (Wildman–Crippen MR) is 124 cm³/mol. The van der Waals surface area contributed by atoms with E-state index in [0.717, 1.165) is 36.2 Å². The molecule has 1 aliphatic carbocycles. The maximum absolute atomic E-state index is 12.7. The molecule has 33 heavy (non-hydrogen) atoms. The van der Waals surface area contributed by atoms with Crippen LogP contribution in [0.15, 0.2) is 54.6 Å². The molecule has 0 spiro atoms. The fourth-order valence-corrected chi connectivity index (χ4v) is 3.51. The smallest absolute Gasteiger partial charge is 0.273 e. The first-order valence-corrected chi connectivity index (χ1v) is 11.4. The fraction of sp³-hybridized carbons (Fsp3) is 0.360. The van der Waals surface area contributed by atoms with E-state index < -0.39 is 0 Å². The van der Waals surface area contributed by atoms with Crippen LogP contribution >= 0.6 is 0 Å². The standard InChI is InChI=1S/C25H29N5O3/c1-2-26-24(31)19-10-14-21(15-11-19)30-22(23(28-29-30)25(32)27-20-12-13-20)9-6-16-33-17-18-7-4-3-5-8-18/h3-5,7-8,10-11,14-15,20H,2,6,9,12-13,16-17H2,1H3,(H,26,31)(H,27,32). The average Bonchev–Trinajstić information content (AvgIpc) is 3.55. The van der Waals surface area contributed by atoms with E-state index in [9.17, 15) is 9.59 Å². The average molecular weight is 448 g/mol. The van der Waals surface area contributed by atoms with Gasteiger partial charge in [-0.15, -0.1) is 5.10 Å². The second-order valence-corrected chi connectivity index (χ2v) is 8.09. The van der Waals surface area contributed by atoms with E-state index in [2.05, 4.69) is 20.9 Å². The molecule has 1 aromatic heterocycles. The molecule has 1 fully saturated rings. The number of nitrogens with zero attached hydrogens (tertiary/aromatic N) is 3. The van der Waals surface area contributed by atoms with E-state index in [1.807, 2.05) is 49.4 Å². The molecule has 1 heterocycles. The summed E-state index contributed by atoms with van der Waals surface area (Å²) in [5, 5.41) is 14.2. The summed E-state index contributed by atoms with van der Waals surface area (Å²) < 4.78 is 7.49. The van der Waals surface area contributed by atoms with Gasteiger partial charge in [0.05, 0.1) is 18.0 Å². The third-order valence-electron chi connectivity index (χ3n) is 5.42. The molecule has 3 aromatic rings. The first-order chi connectivity index (χ1) is 16.2. The molecule has 172 valence electrons. The third-order valence-corrected chi connectivity index (χ3v) is 5.42. The predicted octanol–water partition coefficient (Wildman–Crippen LogP) is 3.06. The van der Waals surface area contributed by atoms with Crippen LogP contribution in [0.5, 0.6) is 0 Å². The van der Waals surface area contributed by atoms with Crippen molar-refractivity contribution in [2.75, 3.05) is 13.2 Å². The Labute approximate surface area is 193 Å².